The van der Waals surface area contributed by atoms with Gasteiger partial charge in [0.25, 0.3) is 0 Å². The fraction of sp³-hybridized carbons (Fsp3) is 1.00. The largest absolute Gasteiger partial charge is 0.310 e. The van der Waals surface area contributed by atoms with Crippen molar-refractivity contribution in [2.24, 2.45) is 0 Å². The zero-order chi connectivity index (χ0) is 5.40. The molecule has 2 heterocycles. The number of fused-ring (bicyclic) bond motifs is 2. The second-order valence-corrected chi connectivity index (χ2v) is 3.75. The van der Waals surface area contributed by atoms with Crippen molar-refractivity contribution < 1.29 is 0 Å². The third-order valence-electron chi connectivity index (χ3n) is 1.97. The van der Waals surface area contributed by atoms with Gasteiger partial charge in [0.15, 0.2) is 0 Å². The summed E-state index contributed by atoms with van der Waals surface area (Å²) in [6.07, 6.45) is 2.86. The molecular formula is C6H12ClNS. The summed E-state index contributed by atoms with van der Waals surface area (Å²) < 4.78 is 0. The normalized spacial score (nSPS) is 40.0. The van der Waals surface area contributed by atoms with Crippen molar-refractivity contribution in [3.63, 3.8) is 0 Å². The molecule has 0 aromatic carbocycles. The molecule has 0 amide bonds. The molecule has 2 unspecified atom stereocenters. The highest BCUT2D eigenvalue weighted by Gasteiger charge is 2.27. The number of rotatable bonds is 0. The van der Waals surface area contributed by atoms with Crippen molar-refractivity contribution in [1.29, 1.82) is 0 Å². The van der Waals surface area contributed by atoms with Gasteiger partial charge < -0.3 is 5.32 Å². The summed E-state index contributed by atoms with van der Waals surface area (Å²) in [6.45, 7) is 0. The van der Waals surface area contributed by atoms with Crippen molar-refractivity contribution in [3.8, 4) is 0 Å². The summed E-state index contributed by atoms with van der Waals surface area (Å²) in [6, 6.07) is 1.75. The van der Waals surface area contributed by atoms with E-state index >= 15 is 0 Å². The first kappa shape index (κ1) is 7.70. The van der Waals surface area contributed by atoms with E-state index in [0.717, 1.165) is 12.1 Å². The Labute approximate surface area is 66.4 Å². The molecule has 2 rings (SSSR count). The van der Waals surface area contributed by atoms with Gasteiger partial charge in [-0.1, -0.05) is 0 Å². The zero-order valence-electron chi connectivity index (χ0n) is 5.30. The second kappa shape index (κ2) is 3.13. The number of halogens is 1. The molecule has 54 valence electrons. The summed E-state index contributed by atoms with van der Waals surface area (Å²) in [5, 5.41) is 3.57. The fourth-order valence-corrected chi connectivity index (χ4v) is 2.75. The van der Waals surface area contributed by atoms with Crippen LogP contribution >= 0.6 is 24.2 Å². The SMILES string of the molecule is C1CC2CSCC1N2.Cl. The molecule has 0 spiro atoms. The molecule has 1 nitrogen and oxygen atoms in total. The van der Waals surface area contributed by atoms with E-state index in [0.29, 0.717) is 0 Å². The second-order valence-electron chi connectivity index (χ2n) is 2.68. The third kappa shape index (κ3) is 1.54. The molecule has 2 aliphatic rings. The maximum atomic E-state index is 3.57. The first-order chi connectivity index (χ1) is 3.95. The smallest absolute Gasteiger partial charge is 0.0161 e. The minimum atomic E-state index is 0. The van der Waals surface area contributed by atoms with Gasteiger partial charge in [-0.2, -0.15) is 11.8 Å². The van der Waals surface area contributed by atoms with E-state index in [1.165, 1.54) is 24.3 Å². The predicted molar refractivity (Wildman–Crippen MR) is 44.5 cm³/mol. The molecule has 1 N–H and O–H groups in total. The number of hydrogen-bond donors (Lipinski definition) is 1. The molecule has 2 aliphatic heterocycles. The minimum Gasteiger partial charge on any atom is -0.310 e. The molecule has 2 atom stereocenters. The summed E-state index contributed by atoms with van der Waals surface area (Å²) in [7, 11) is 0. The lowest BCUT2D eigenvalue weighted by Gasteiger charge is -2.19. The van der Waals surface area contributed by atoms with Crippen LogP contribution in [0.15, 0.2) is 0 Å². The van der Waals surface area contributed by atoms with Gasteiger partial charge >= 0.3 is 0 Å². The molecule has 0 saturated carbocycles. The predicted octanol–water partition coefficient (Wildman–Crippen LogP) is 1.28. The molecule has 0 aromatic heterocycles. The number of thioether (sulfide) groups is 1. The van der Waals surface area contributed by atoms with Crippen LogP contribution in [0.3, 0.4) is 0 Å². The topological polar surface area (TPSA) is 12.0 Å². The highest BCUT2D eigenvalue weighted by atomic mass is 35.5. The molecule has 2 saturated heterocycles. The highest BCUT2D eigenvalue weighted by Crippen LogP contribution is 2.24. The van der Waals surface area contributed by atoms with E-state index < -0.39 is 0 Å². The van der Waals surface area contributed by atoms with E-state index in [9.17, 15) is 0 Å². The average molecular weight is 166 g/mol. The van der Waals surface area contributed by atoms with Crippen LogP contribution in [0, 0.1) is 0 Å². The average Bonchev–Trinajstić information content (AvgIpc) is 2.12. The van der Waals surface area contributed by atoms with Crippen LogP contribution in [0.25, 0.3) is 0 Å². The molecule has 2 bridgehead atoms. The van der Waals surface area contributed by atoms with Gasteiger partial charge in [0.05, 0.1) is 0 Å². The van der Waals surface area contributed by atoms with Gasteiger partial charge in [-0.05, 0) is 12.8 Å². The van der Waals surface area contributed by atoms with Crippen LogP contribution < -0.4 is 5.32 Å². The van der Waals surface area contributed by atoms with Gasteiger partial charge in [0, 0.05) is 23.6 Å². The Morgan fingerprint density at radius 2 is 1.67 bits per heavy atom. The molecule has 0 aliphatic carbocycles. The number of nitrogens with one attached hydrogen (secondary N) is 1. The van der Waals surface area contributed by atoms with Crippen LogP contribution in [0.2, 0.25) is 0 Å². The molecule has 0 aromatic rings. The lowest BCUT2D eigenvalue weighted by molar-refractivity contribution is 0.592. The van der Waals surface area contributed by atoms with Crippen molar-refractivity contribution in [2.45, 2.75) is 24.9 Å². The molecule has 0 radical (unpaired) electrons. The Bertz CT molecular complexity index is 85.1. The van der Waals surface area contributed by atoms with Crippen molar-refractivity contribution in [2.75, 3.05) is 11.5 Å². The Kier molecular flexibility index (Phi) is 2.68. The highest BCUT2D eigenvalue weighted by molar-refractivity contribution is 7.99. The van der Waals surface area contributed by atoms with E-state index in [1.807, 2.05) is 0 Å². The van der Waals surface area contributed by atoms with Crippen LogP contribution in [0.5, 0.6) is 0 Å². The van der Waals surface area contributed by atoms with Crippen molar-refractivity contribution >= 4 is 24.2 Å². The Morgan fingerprint density at radius 1 is 1.11 bits per heavy atom. The molecule has 9 heavy (non-hydrogen) atoms. The van der Waals surface area contributed by atoms with Crippen molar-refractivity contribution in [3.05, 3.63) is 0 Å². The van der Waals surface area contributed by atoms with Gasteiger partial charge in [0.1, 0.15) is 0 Å². The monoisotopic (exact) mass is 165 g/mol. The Balaban J connectivity index is 0.000000405. The van der Waals surface area contributed by atoms with Gasteiger partial charge in [-0.25, -0.2) is 0 Å². The van der Waals surface area contributed by atoms with E-state index in [4.69, 9.17) is 0 Å². The van der Waals surface area contributed by atoms with Crippen LogP contribution in [-0.2, 0) is 0 Å². The van der Waals surface area contributed by atoms with Gasteiger partial charge in [-0.15, -0.1) is 12.4 Å². The first-order valence-corrected chi connectivity index (χ1v) is 4.44. The fourth-order valence-electron chi connectivity index (χ4n) is 1.52. The van der Waals surface area contributed by atoms with E-state index in [1.54, 1.807) is 0 Å². The molecule has 2 fully saturated rings. The van der Waals surface area contributed by atoms with E-state index in [-0.39, 0.29) is 12.4 Å². The summed E-state index contributed by atoms with van der Waals surface area (Å²) in [4.78, 5) is 0. The summed E-state index contributed by atoms with van der Waals surface area (Å²) in [5.74, 6) is 2.72. The molecule has 3 heteroatoms. The lowest BCUT2D eigenvalue weighted by Crippen LogP contribution is -2.36. The third-order valence-corrected chi connectivity index (χ3v) is 3.25. The van der Waals surface area contributed by atoms with E-state index in [2.05, 4.69) is 17.1 Å². The first-order valence-electron chi connectivity index (χ1n) is 3.29. The minimum absolute atomic E-state index is 0. The maximum absolute atomic E-state index is 3.57. The van der Waals surface area contributed by atoms with Gasteiger partial charge in [-0.3, -0.25) is 0 Å². The van der Waals surface area contributed by atoms with Gasteiger partial charge in [0.2, 0.25) is 0 Å². The number of hydrogen-bond acceptors (Lipinski definition) is 2. The standard InChI is InChI=1S/C6H11NS.ClH/c1-2-6-4-8-3-5(1)7-6;/h5-7H,1-4H2;1H. The summed E-state index contributed by atoms with van der Waals surface area (Å²) >= 11 is 2.11. The maximum Gasteiger partial charge on any atom is 0.0161 e. The zero-order valence-corrected chi connectivity index (χ0v) is 6.93. The Hall–Kier alpha value is 0.600. The van der Waals surface area contributed by atoms with Crippen LogP contribution in [0.1, 0.15) is 12.8 Å². The lowest BCUT2D eigenvalue weighted by atomic mass is 10.2. The molecular weight excluding hydrogens is 154 g/mol. The Morgan fingerprint density at radius 3 is 2.11 bits per heavy atom. The van der Waals surface area contributed by atoms with Crippen molar-refractivity contribution in [1.82, 2.24) is 5.32 Å². The van der Waals surface area contributed by atoms with Crippen LogP contribution in [0.4, 0.5) is 0 Å². The van der Waals surface area contributed by atoms with Crippen LogP contribution in [-0.4, -0.2) is 23.6 Å². The summed E-state index contributed by atoms with van der Waals surface area (Å²) in [5.41, 5.74) is 0. The quantitative estimate of drug-likeness (QED) is 0.581.